The average molecular weight is 678 g/mol. The number of anilines is 2. The molecule has 12 nitrogen and oxygen atoms in total. The van der Waals surface area contributed by atoms with Crippen molar-refractivity contribution in [2.75, 3.05) is 30.4 Å². The second-order valence-corrected chi connectivity index (χ2v) is 13.3. The van der Waals surface area contributed by atoms with Crippen molar-refractivity contribution in [3.8, 4) is 17.2 Å². The van der Waals surface area contributed by atoms with Crippen LogP contribution >= 0.6 is 0 Å². The first-order chi connectivity index (χ1) is 24.1. The molecule has 4 heterocycles. The van der Waals surface area contributed by atoms with Gasteiger partial charge >= 0.3 is 6.09 Å². The lowest BCUT2D eigenvalue weighted by molar-refractivity contribution is 0.0292. The molecule has 260 valence electrons. The van der Waals surface area contributed by atoms with E-state index in [2.05, 4.69) is 32.2 Å². The zero-order valence-electron chi connectivity index (χ0n) is 29.1. The van der Waals surface area contributed by atoms with E-state index in [1.807, 2.05) is 57.2 Å². The molecule has 50 heavy (non-hydrogen) atoms. The van der Waals surface area contributed by atoms with E-state index in [9.17, 15) is 9.59 Å². The highest BCUT2D eigenvalue weighted by molar-refractivity contribution is 6.03. The maximum atomic E-state index is 13.0. The van der Waals surface area contributed by atoms with Crippen LogP contribution in [0.1, 0.15) is 62.0 Å². The second kappa shape index (κ2) is 14.9. The first kappa shape index (κ1) is 34.2. The zero-order valence-corrected chi connectivity index (χ0v) is 29.1. The molecule has 0 aliphatic carbocycles. The number of nitrogens with one attached hydrogen (secondary N) is 2. The van der Waals surface area contributed by atoms with Gasteiger partial charge in [-0.25, -0.2) is 14.8 Å². The van der Waals surface area contributed by atoms with Crippen molar-refractivity contribution in [1.29, 1.82) is 0 Å². The lowest BCUT2D eigenvalue weighted by atomic mass is 10.1. The summed E-state index contributed by atoms with van der Waals surface area (Å²) in [6, 6.07) is 20.4. The molecule has 2 amide bonds. The van der Waals surface area contributed by atoms with E-state index in [0.29, 0.717) is 59.4 Å². The van der Waals surface area contributed by atoms with Gasteiger partial charge in [0.15, 0.2) is 11.5 Å². The number of likely N-dealkylation sites (tertiary alicyclic amines) is 1. The van der Waals surface area contributed by atoms with Gasteiger partial charge in [0.1, 0.15) is 34.1 Å². The molecule has 2 aromatic carbocycles. The highest BCUT2D eigenvalue weighted by Crippen LogP contribution is 2.37. The van der Waals surface area contributed by atoms with Gasteiger partial charge in [0, 0.05) is 43.7 Å². The maximum Gasteiger partial charge on any atom is 0.410 e. The third kappa shape index (κ3) is 8.13. The van der Waals surface area contributed by atoms with Crippen LogP contribution in [-0.2, 0) is 17.7 Å². The summed E-state index contributed by atoms with van der Waals surface area (Å²) in [4.78, 5) is 38.8. The first-order valence-electron chi connectivity index (χ1n) is 16.8. The van der Waals surface area contributed by atoms with Crippen LogP contribution in [0.5, 0.6) is 17.2 Å². The fourth-order valence-electron chi connectivity index (χ4n) is 5.97. The van der Waals surface area contributed by atoms with Gasteiger partial charge in [0.05, 0.1) is 13.2 Å². The molecule has 1 fully saturated rings. The number of rotatable bonds is 11. The largest absolute Gasteiger partial charge is 0.497 e. The topological polar surface area (TPSA) is 135 Å². The molecule has 3 aromatic heterocycles. The number of carbonyl (C=O) groups is 2. The minimum Gasteiger partial charge on any atom is -0.497 e. The average Bonchev–Trinajstić information content (AvgIpc) is 3.76. The predicted octanol–water partition coefficient (Wildman–Crippen LogP) is 7.37. The van der Waals surface area contributed by atoms with E-state index in [1.54, 1.807) is 54.7 Å². The zero-order chi connectivity index (χ0) is 35.3. The van der Waals surface area contributed by atoms with E-state index in [4.69, 9.17) is 19.3 Å². The van der Waals surface area contributed by atoms with Crippen molar-refractivity contribution in [1.82, 2.24) is 25.1 Å². The van der Waals surface area contributed by atoms with Gasteiger partial charge in [-0.3, -0.25) is 9.89 Å². The number of nitrogens with zero attached hydrogens (tertiary/aromatic N) is 5. The Hall–Kier alpha value is -5.65. The Morgan fingerprint density at radius 3 is 2.44 bits per heavy atom. The van der Waals surface area contributed by atoms with Gasteiger partial charge in [-0.1, -0.05) is 25.5 Å². The highest BCUT2D eigenvalue weighted by Gasteiger charge is 2.35. The van der Waals surface area contributed by atoms with Crippen molar-refractivity contribution in [2.24, 2.45) is 0 Å². The second-order valence-electron chi connectivity index (χ2n) is 13.3. The Morgan fingerprint density at radius 2 is 1.72 bits per heavy atom. The van der Waals surface area contributed by atoms with Crippen LogP contribution in [-0.4, -0.2) is 68.9 Å². The highest BCUT2D eigenvalue weighted by atomic mass is 16.6. The molecule has 0 spiro atoms. The van der Waals surface area contributed by atoms with Gasteiger partial charge in [-0.2, -0.15) is 5.10 Å². The Bertz CT molecular complexity index is 1940. The van der Waals surface area contributed by atoms with E-state index in [-0.39, 0.29) is 18.0 Å². The molecule has 6 rings (SSSR count). The first-order valence-corrected chi connectivity index (χ1v) is 16.8. The molecule has 1 aliphatic heterocycles. The molecule has 12 heteroatoms. The van der Waals surface area contributed by atoms with Crippen LogP contribution in [0, 0.1) is 0 Å². The fraction of sp³-hybridized carbons (Fsp3) is 0.342. The third-order valence-electron chi connectivity index (χ3n) is 8.39. The summed E-state index contributed by atoms with van der Waals surface area (Å²) in [5.41, 5.74) is 2.62. The molecule has 1 aliphatic rings. The van der Waals surface area contributed by atoms with E-state index in [0.717, 1.165) is 36.1 Å². The predicted molar refractivity (Wildman–Crippen MR) is 192 cm³/mol. The summed E-state index contributed by atoms with van der Waals surface area (Å²) < 4.78 is 17.5. The normalized spacial score (nSPS) is 14.4. The minimum absolute atomic E-state index is 0.0564. The number of carbonyl (C=O) groups excluding carboxylic acids is 2. The Balaban J connectivity index is 1.25. The summed E-state index contributed by atoms with van der Waals surface area (Å²) in [7, 11) is 1.64. The summed E-state index contributed by atoms with van der Waals surface area (Å²) in [6.45, 7) is 9.26. The summed E-state index contributed by atoms with van der Waals surface area (Å²) in [5, 5.41) is 11.4. The van der Waals surface area contributed by atoms with E-state index in [1.165, 1.54) is 0 Å². The third-order valence-corrected chi connectivity index (χ3v) is 8.39. The number of ether oxygens (including phenoxy) is 3. The van der Waals surface area contributed by atoms with Crippen molar-refractivity contribution in [3.05, 3.63) is 95.8 Å². The summed E-state index contributed by atoms with van der Waals surface area (Å²) in [5.74, 6) is 2.78. The number of aromatic amines is 1. The number of aryl methyl sites for hydroxylation is 1. The van der Waals surface area contributed by atoms with Crippen LogP contribution in [0.25, 0.3) is 11.0 Å². The van der Waals surface area contributed by atoms with E-state index >= 15 is 0 Å². The van der Waals surface area contributed by atoms with Crippen molar-refractivity contribution < 1.29 is 23.8 Å². The fourth-order valence-corrected chi connectivity index (χ4v) is 5.97. The van der Waals surface area contributed by atoms with Crippen LogP contribution in [0.15, 0.2) is 79.1 Å². The molecule has 0 radical (unpaired) electrons. The summed E-state index contributed by atoms with van der Waals surface area (Å²) >= 11 is 0. The lowest BCUT2D eigenvalue weighted by Gasteiger charge is -2.30. The van der Waals surface area contributed by atoms with Gasteiger partial charge in [-0.05, 0) is 93.3 Å². The van der Waals surface area contributed by atoms with Gasteiger partial charge in [-0.15, -0.1) is 0 Å². The summed E-state index contributed by atoms with van der Waals surface area (Å²) in [6.07, 6.45) is 5.69. The van der Waals surface area contributed by atoms with E-state index < -0.39 is 5.60 Å². The molecule has 0 bridgehead atoms. The molecule has 1 saturated heterocycles. The minimum atomic E-state index is -0.590. The van der Waals surface area contributed by atoms with Crippen LogP contribution in [0.2, 0.25) is 0 Å². The standard InChI is InChI=1S/C38H43N7O5/c1-6-7-25-16-19-39-32(22-25)41-36(46)27-10-14-30(15-11-27)49-31-17-20-40-34-33(31)35(43-42-34)45(23-26-8-12-29(48-5)13-9-26)28-18-21-44(24-28)37(47)50-38(2,3)4/h8-17,19-20,22,28H,6-7,18,21,23-24H2,1-5H3,(H,39,41,46)(H,40,42,43). The molecule has 0 saturated carbocycles. The SMILES string of the molecule is CCCc1ccnc(NC(=O)c2ccc(Oc3ccnc4[nH]nc(N(Cc5ccc(OC)cc5)C5CCN(C(=O)OC(C)(C)C)C5)c34)cc2)c1. The number of hydrogen-bond acceptors (Lipinski definition) is 9. The number of methoxy groups -OCH3 is 1. The van der Waals surface area contributed by atoms with Crippen molar-refractivity contribution in [2.45, 2.75) is 65.1 Å². The van der Waals surface area contributed by atoms with Crippen molar-refractivity contribution >= 4 is 34.7 Å². The monoisotopic (exact) mass is 677 g/mol. The Kier molecular flexibility index (Phi) is 10.2. The van der Waals surface area contributed by atoms with Crippen LogP contribution in [0.4, 0.5) is 16.4 Å². The smallest absolute Gasteiger partial charge is 0.410 e. The molecule has 5 aromatic rings. The molecular formula is C38H43N7O5. The Morgan fingerprint density at radius 1 is 0.980 bits per heavy atom. The van der Waals surface area contributed by atoms with Crippen LogP contribution < -0.4 is 19.7 Å². The number of H-pyrrole nitrogens is 1. The Labute approximate surface area is 291 Å². The van der Waals surface area contributed by atoms with Crippen molar-refractivity contribution in [3.63, 3.8) is 0 Å². The maximum absolute atomic E-state index is 13.0. The number of hydrogen-bond donors (Lipinski definition) is 2. The van der Waals surface area contributed by atoms with Gasteiger partial charge in [0.2, 0.25) is 0 Å². The molecular weight excluding hydrogens is 634 g/mol. The van der Waals surface area contributed by atoms with Gasteiger partial charge < -0.3 is 29.3 Å². The number of pyridine rings is 2. The lowest BCUT2D eigenvalue weighted by Crippen LogP contribution is -2.40. The number of amides is 2. The number of benzene rings is 2. The number of aromatic nitrogens is 4. The quantitative estimate of drug-likeness (QED) is 0.147. The number of fused-ring (bicyclic) bond motifs is 1. The molecule has 1 atom stereocenters. The van der Waals surface area contributed by atoms with Gasteiger partial charge in [0.25, 0.3) is 5.91 Å². The molecule has 1 unspecified atom stereocenters. The molecule has 2 N–H and O–H groups in total. The van der Waals surface area contributed by atoms with Crippen LogP contribution in [0.3, 0.4) is 0 Å².